The van der Waals surface area contributed by atoms with Crippen LogP contribution in [0.25, 0.3) is 16.6 Å². The molecule has 1 aromatic heterocycles. The molecular formula is C18H12F6N2O2S. The molecule has 0 aliphatic rings. The zero-order valence-corrected chi connectivity index (χ0v) is 15.5. The maximum Gasteiger partial charge on any atom is 0.398 e. The standard InChI is InChI=1S/C18H12F6N2O2S/c1-9-4-12(19)14(6-15(9)29-7-18(22,23)24)26-8-25-13-3-2-10(28-17(20)21)5-11(13)16(26)27/h2-6,8,17H,7H2,1H3. The number of nitrogens with zero attached hydrogens (tertiary/aromatic N) is 2. The van der Waals surface area contributed by atoms with E-state index in [2.05, 4.69) is 9.72 Å². The average molecular weight is 434 g/mol. The van der Waals surface area contributed by atoms with Gasteiger partial charge in [0.1, 0.15) is 17.9 Å². The van der Waals surface area contributed by atoms with Crippen LogP contribution in [-0.2, 0) is 0 Å². The van der Waals surface area contributed by atoms with E-state index < -0.39 is 29.9 Å². The van der Waals surface area contributed by atoms with Crippen molar-refractivity contribution in [2.75, 3.05) is 5.75 Å². The summed E-state index contributed by atoms with van der Waals surface area (Å²) in [6.07, 6.45) is -3.40. The Balaban J connectivity index is 2.09. The number of benzene rings is 2. The van der Waals surface area contributed by atoms with Crippen molar-refractivity contribution >= 4 is 22.7 Å². The van der Waals surface area contributed by atoms with Crippen molar-refractivity contribution < 1.29 is 31.1 Å². The average Bonchev–Trinajstić information content (AvgIpc) is 2.61. The predicted octanol–water partition coefficient (Wildman–Crippen LogP) is 5.09. The van der Waals surface area contributed by atoms with Gasteiger partial charge in [-0.2, -0.15) is 22.0 Å². The molecule has 11 heteroatoms. The van der Waals surface area contributed by atoms with Crippen molar-refractivity contribution in [1.29, 1.82) is 0 Å². The molecule has 3 rings (SSSR count). The van der Waals surface area contributed by atoms with Crippen LogP contribution in [0, 0.1) is 12.7 Å². The number of fused-ring (bicyclic) bond motifs is 1. The third-order valence-electron chi connectivity index (χ3n) is 3.85. The highest BCUT2D eigenvalue weighted by Gasteiger charge is 2.28. The lowest BCUT2D eigenvalue weighted by atomic mass is 10.2. The first-order valence-electron chi connectivity index (χ1n) is 8.01. The molecule has 0 saturated heterocycles. The maximum atomic E-state index is 14.5. The van der Waals surface area contributed by atoms with E-state index >= 15 is 0 Å². The Morgan fingerprint density at radius 1 is 1.21 bits per heavy atom. The van der Waals surface area contributed by atoms with Gasteiger partial charge in [0, 0.05) is 4.90 Å². The summed E-state index contributed by atoms with van der Waals surface area (Å²) >= 11 is 0.459. The van der Waals surface area contributed by atoms with Gasteiger partial charge in [-0.25, -0.2) is 9.37 Å². The summed E-state index contributed by atoms with van der Waals surface area (Å²) in [5.41, 5.74) is -0.661. The number of thioether (sulfide) groups is 1. The molecule has 3 aromatic rings. The van der Waals surface area contributed by atoms with Crippen molar-refractivity contribution in [3.8, 4) is 11.4 Å². The number of hydrogen-bond acceptors (Lipinski definition) is 4. The Hall–Kier alpha value is -2.69. The van der Waals surface area contributed by atoms with Gasteiger partial charge in [-0.05, 0) is 42.8 Å². The fraction of sp³-hybridized carbons (Fsp3) is 0.222. The van der Waals surface area contributed by atoms with Gasteiger partial charge in [0.05, 0.1) is 22.3 Å². The molecule has 0 fully saturated rings. The Bertz CT molecular complexity index is 1110. The second kappa shape index (κ2) is 7.97. The van der Waals surface area contributed by atoms with Crippen LogP contribution in [0.5, 0.6) is 5.75 Å². The summed E-state index contributed by atoms with van der Waals surface area (Å²) in [4.78, 5) is 16.9. The van der Waals surface area contributed by atoms with Crippen molar-refractivity contribution in [2.24, 2.45) is 0 Å². The molecule has 0 saturated carbocycles. The Kier molecular flexibility index (Phi) is 5.78. The first-order chi connectivity index (χ1) is 13.5. The molecule has 0 N–H and O–H groups in total. The third kappa shape index (κ3) is 4.84. The largest absolute Gasteiger partial charge is 0.435 e. The van der Waals surface area contributed by atoms with E-state index in [0.29, 0.717) is 11.8 Å². The second-order valence-electron chi connectivity index (χ2n) is 5.95. The van der Waals surface area contributed by atoms with Gasteiger partial charge in [0.15, 0.2) is 0 Å². The van der Waals surface area contributed by atoms with Crippen molar-refractivity contribution in [3.05, 3.63) is 58.4 Å². The molecule has 0 radical (unpaired) electrons. The highest BCUT2D eigenvalue weighted by Crippen LogP contribution is 2.32. The SMILES string of the molecule is Cc1cc(F)c(-n2cnc3ccc(OC(F)F)cc3c2=O)cc1SCC(F)(F)F. The van der Waals surface area contributed by atoms with Gasteiger partial charge in [0.25, 0.3) is 5.56 Å². The maximum absolute atomic E-state index is 14.5. The Labute approximate surface area is 164 Å². The summed E-state index contributed by atoms with van der Waals surface area (Å²) < 4.78 is 81.9. The van der Waals surface area contributed by atoms with Crippen LogP contribution in [0.1, 0.15) is 5.56 Å². The molecule has 2 aromatic carbocycles. The fourth-order valence-corrected chi connectivity index (χ4v) is 3.39. The van der Waals surface area contributed by atoms with Gasteiger partial charge in [-0.15, -0.1) is 11.8 Å². The summed E-state index contributed by atoms with van der Waals surface area (Å²) in [7, 11) is 0. The first-order valence-corrected chi connectivity index (χ1v) is 9.00. The van der Waals surface area contributed by atoms with E-state index in [0.717, 1.165) is 29.1 Å². The van der Waals surface area contributed by atoms with Gasteiger partial charge in [-0.3, -0.25) is 9.36 Å². The van der Waals surface area contributed by atoms with Crippen molar-refractivity contribution in [1.82, 2.24) is 9.55 Å². The quantitative estimate of drug-likeness (QED) is 0.415. The number of hydrogen-bond donors (Lipinski definition) is 0. The molecule has 29 heavy (non-hydrogen) atoms. The number of halogens is 6. The molecule has 1 heterocycles. The van der Waals surface area contributed by atoms with Gasteiger partial charge >= 0.3 is 12.8 Å². The molecular weight excluding hydrogens is 422 g/mol. The van der Waals surface area contributed by atoms with Crippen LogP contribution in [0.2, 0.25) is 0 Å². The lowest BCUT2D eigenvalue weighted by molar-refractivity contribution is -0.105. The molecule has 0 unspecified atom stereocenters. The van der Waals surface area contributed by atoms with Crippen molar-refractivity contribution in [3.63, 3.8) is 0 Å². The number of ether oxygens (including phenoxy) is 1. The summed E-state index contributed by atoms with van der Waals surface area (Å²) in [6, 6.07) is 5.66. The Morgan fingerprint density at radius 2 is 1.93 bits per heavy atom. The number of alkyl halides is 5. The predicted molar refractivity (Wildman–Crippen MR) is 95.4 cm³/mol. The topological polar surface area (TPSA) is 44.1 Å². The zero-order chi connectivity index (χ0) is 21.3. The van der Waals surface area contributed by atoms with Crippen molar-refractivity contribution in [2.45, 2.75) is 24.6 Å². The van der Waals surface area contributed by atoms with Crippen LogP contribution >= 0.6 is 11.8 Å². The molecule has 0 bridgehead atoms. The number of rotatable bonds is 5. The minimum atomic E-state index is -4.42. The third-order valence-corrected chi connectivity index (χ3v) is 5.07. The highest BCUT2D eigenvalue weighted by atomic mass is 32.2. The van der Waals surface area contributed by atoms with E-state index in [-0.39, 0.29) is 32.8 Å². The van der Waals surface area contributed by atoms with E-state index in [1.165, 1.54) is 19.1 Å². The van der Waals surface area contributed by atoms with Crippen LogP contribution in [0.4, 0.5) is 26.3 Å². The molecule has 0 spiro atoms. The van der Waals surface area contributed by atoms with E-state index in [1.807, 2.05) is 0 Å². The van der Waals surface area contributed by atoms with E-state index in [4.69, 9.17) is 0 Å². The molecule has 154 valence electrons. The van der Waals surface area contributed by atoms with Gasteiger partial charge in [-0.1, -0.05) is 0 Å². The smallest absolute Gasteiger partial charge is 0.398 e. The molecule has 0 amide bonds. The molecule has 0 aliphatic heterocycles. The Morgan fingerprint density at radius 3 is 2.59 bits per heavy atom. The summed E-state index contributed by atoms with van der Waals surface area (Å²) in [5, 5.41) is -0.116. The van der Waals surface area contributed by atoms with Gasteiger partial charge < -0.3 is 4.74 Å². The van der Waals surface area contributed by atoms with E-state index in [1.54, 1.807) is 0 Å². The lowest BCUT2D eigenvalue weighted by Crippen LogP contribution is -2.20. The lowest BCUT2D eigenvalue weighted by Gasteiger charge is -2.13. The minimum absolute atomic E-state index is 0.116. The first kappa shape index (κ1) is 21.0. The molecule has 4 nitrogen and oxygen atoms in total. The zero-order valence-electron chi connectivity index (χ0n) is 14.6. The van der Waals surface area contributed by atoms with E-state index in [9.17, 15) is 31.1 Å². The second-order valence-corrected chi connectivity index (χ2v) is 6.97. The van der Waals surface area contributed by atoms with Crippen LogP contribution in [-0.4, -0.2) is 28.1 Å². The summed E-state index contributed by atoms with van der Waals surface area (Å²) in [6.45, 7) is -1.66. The van der Waals surface area contributed by atoms with Crippen LogP contribution in [0.3, 0.4) is 0 Å². The number of aromatic nitrogens is 2. The summed E-state index contributed by atoms with van der Waals surface area (Å²) in [5.74, 6) is -2.31. The number of aryl methyl sites for hydroxylation is 1. The molecule has 0 aliphatic carbocycles. The fourth-order valence-electron chi connectivity index (χ4n) is 2.59. The monoisotopic (exact) mass is 434 g/mol. The minimum Gasteiger partial charge on any atom is -0.435 e. The van der Waals surface area contributed by atoms with Crippen LogP contribution in [0.15, 0.2) is 46.3 Å². The highest BCUT2D eigenvalue weighted by molar-refractivity contribution is 7.99. The molecule has 0 atom stereocenters. The normalized spacial score (nSPS) is 12.0. The van der Waals surface area contributed by atoms with Crippen LogP contribution < -0.4 is 10.3 Å². The van der Waals surface area contributed by atoms with Gasteiger partial charge in [0.2, 0.25) is 0 Å².